The van der Waals surface area contributed by atoms with E-state index >= 15 is 0 Å². The van der Waals surface area contributed by atoms with Gasteiger partial charge >= 0.3 is 12.1 Å². The third-order valence-corrected chi connectivity index (χ3v) is 8.63. The topological polar surface area (TPSA) is 189 Å². The summed E-state index contributed by atoms with van der Waals surface area (Å²) in [6.07, 6.45) is -1.48. The molecule has 0 aromatic heterocycles. The molecule has 7 amide bonds. The van der Waals surface area contributed by atoms with Crippen molar-refractivity contribution in [3.05, 3.63) is 81.4 Å². The summed E-state index contributed by atoms with van der Waals surface area (Å²) in [4.78, 5) is 78.0. The van der Waals surface area contributed by atoms with Crippen LogP contribution in [-0.2, 0) is 23.9 Å². The van der Waals surface area contributed by atoms with Gasteiger partial charge in [-0.1, -0.05) is 48.5 Å². The van der Waals surface area contributed by atoms with E-state index in [0.29, 0.717) is 11.4 Å². The fourth-order valence-electron chi connectivity index (χ4n) is 5.66. The molecular weight excluding hydrogens is 735 g/mol. The molecule has 250 valence electrons. The Hall–Kier alpha value is -5.19. The molecule has 48 heavy (non-hydrogen) atoms. The number of hydrogen-bond donors (Lipinski definition) is 4. The van der Waals surface area contributed by atoms with E-state index in [9.17, 15) is 28.8 Å². The number of urea groups is 1. The Labute approximate surface area is 289 Å². The monoisotopic (exact) mass is 768 g/mol. The zero-order chi connectivity index (χ0) is 34.4. The number of rotatable bonds is 12. The van der Waals surface area contributed by atoms with E-state index in [1.54, 1.807) is 12.1 Å². The molecule has 15 heteroatoms. The van der Waals surface area contributed by atoms with Crippen LogP contribution in [0.25, 0.3) is 11.1 Å². The lowest BCUT2D eigenvalue weighted by Gasteiger charge is -2.34. The first-order valence-corrected chi connectivity index (χ1v) is 16.0. The Morgan fingerprint density at radius 3 is 2.29 bits per heavy atom. The number of ether oxygens (including phenoxy) is 2. The number of amides is 7. The van der Waals surface area contributed by atoms with Gasteiger partial charge in [0.05, 0.1) is 25.8 Å². The maximum absolute atomic E-state index is 13.2. The van der Waals surface area contributed by atoms with Crippen LogP contribution in [-0.4, -0.2) is 80.2 Å². The lowest BCUT2D eigenvalue weighted by molar-refractivity contribution is -0.131. The Kier molecular flexibility index (Phi) is 10.8. The molecule has 0 radical (unpaired) electrons. The average Bonchev–Trinajstić information content (AvgIpc) is 3.39. The molecule has 0 unspecified atom stereocenters. The largest absolute Gasteiger partial charge is 0.495 e. The predicted molar refractivity (Wildman–Crippen MR) is 182 cm³/mol. The minimum absolute atomic E-state index is 0.0172. The molecule has 14 nitrogen and oxygen atoms in total. The molecule has 1 atom stereocenters. The summed E-state index contributed by atoms with van der Waals surface area (Å²) in [6, 6.07) is 18.8. The average molecular weight is 769 g/mol. The van der Waals surface area contributed by atoms with Crippen LogP contribution in [0.1, 0.15) is 29.9 Å². The SMILES string of the molecule is COc1ccc(I)cc1N1CCC(=O)N(CNC(=O)CNC(=O)[C@H](CC(N)=O)NC(=O)OCC2c3ccccc3-c3ccccc32)C1=O. The van der Waals surface area contributed by atoms with Crippen molar-refractivity contribution in [1.82, 2.24) is 20.9 Å². The van der Waals surface area contributed by atoms with Gasteiger partial charge < -0.3 is 31.2 Å². The number of methoxy groups -OCH3 is 1. The summed E-state index contributed by atoms with van der Waals surface area (Å²) in [5.41, 5.74) is 9.88. The van der Waals surface area contributed by atoms with Gasteiger partial charge in [-0.2, -0.15) is 0 Å². The number of imide groups is 1. The number of nitrogens with one attached hydrogen (secondary N) is 3. The number of nitrogens with two attached hydrogens (primary N) is 1. The van der Waals surface area contributed by atoms with E-state index in [1.807, 2.05) is 54.6 Å². The van der Waals surface area contributed by atoms with E-state index in [2.05, 4.69) is 38.5 Å². The van der Waals surface area contributed by atoms with Gasteiger partial charge in [0.15, 0.2) is 0 Å². The zero-order valence-corrected chi connectivity index (χ0v) is 28.0. The summed E-state index contributed by atoms with van der Waals surface area (Å²) < 4.78 is 11.7. The number of anilines is 1. The van der Waals surface area contributed by atoms with Gasteiger partial charge in [0.2, 0.25) is 23.6 Å². The quantitative estimate of drug-likeness (QED) is 0.202. The number of fused-ring (bicyclic) bond motifs is 3. The van der Waals surface area contributed by atoms with Crippen molar-refractivity contribution in [3.8, 4) is 16.9 Å². The van der Waals surface area contributed by atoms with Gasteiger partial charge in [0, 0.05) is 22.5 Å². The highest BCUT2D eigenvalue weighted by Crippen LogP contribution is 2.44. The standard InChI is InChI=1S/C33H33IN6O8/c1-47-27-11-10-19(34)14-26(27)39-13-12-30(43)40(33(39)46)18-37-29(42)16-36-31(44)25(15-28(35)41)38-32(45)48-17-24-22-8-4-2-6-20(22)21-7-3-5-9-23(21)24/h2-11,14,24-25H,12-13,15-18H2,1H3,(H2,35,41)(H,36,44)(H,37,42)(H,38,45)/t25-/m0/s1. The van der Waals surface area contributed by atoms with Gasteiger partial charge in [0.25, 0.3) is 0 Å². The molecule has 0 saturated carbocycles. The fourth-order valence-corrected chi connectivity index (χ4v) is 6.13. The van der Waals surface area contributed by atoms with E-state index < -0.39 is 61.4 Å². The molecular formula is C33H33IN6O8. The van der Waals surface area contributed by atoms with E-state index in [0.717, 1.165) is 30.7 Å². The number of nitrogens with zero attached hydrogens (tertiary/aromatic N) is 2. The van der Waals surface area contributed by atoms with Crippen molar-refractivity contribution < 1.29 is 38.2 Å². The van der Waals surface area contributed by atoms with Crippen molar-refractivity contribution >= 4 is 64.0 Å². The van der Waals surface area contributed by atoms with Gasteiger partial charge in [-0.15, -0.1) is 0 Å². The summed E-state index contributed by atoms with van der Waals surface area (Å²) in [7, 11) is 1.47. The maximum atomic E-state index is 13.2. The number of halogens is 1. The van der Waals surface area contributed by atoms with Gasteiger partial charge in [-0.3, -0.25) is 24.1 Å². The number of carbonyl (C=O) groups excluding carboxylic acids is 6. The number of hydrogen-bond acceptors (Lipinski definition) is 8. The molecule has 0 bridgehead atoms. The van der Waals surface area contributed by atoms with Crippen molar-refractivity contribution in [2.45, 2.75) is 24.8 Å². The highest BCUT2D eigenvalue weighted by atomic mass is 127. The van der Waals surface area contributed by atoms with Crippen LogP contribution in [0.3, 0.4) is 0 Å². The third kappa shape index (κ3) is 7.67. The molecule has 5 N–H and O–H groups in total. The summed E-state index contributed by atoms with van der Waals surface area (Å²) in [5, 5.41) is 7.13. The molecule has 1 aliphatic heterocycles. The molecule has 2 aliphatic rings. The minimum atomic E-state index is -1.42. The fraction of sp³-hybridized carbons (Fsp3) is 0.273. The first-order chi connectivity index (χ1) is 23.1. The predicted octanol–water partition coefficient (Wildman–Crippen LogP) is 2.43. The van der Waals surface area contributed by atoms with Crippen LogP contribution in [0.5, 0.6) is 5.75 Å². The molecule has 3 aromatic rings. The highest BCUT2D eigenvalue weighted by molar-refractivity contribution is 14.1. The second-order valence-corrected chi connectivity index (χ2v) is 12.2. The first-order valence-electron chi connectivity index (χ1n) is 15.0. The smallest absolute Gasteiger partial charge is 0.407 e. The van der Waals surface area contributed by atoms with Gasteiger partial charge in [0.1, 0.15) is 25.1 Å². The maximum Gasteiger partial charge on any atom is 0.407 e. The summed E-state index contributed by atoms with van der Waals surface area (Å²) in [5.74, 6) is -2.72. The minimum Gasteiger partial charge on any atom is -0.495 e. The number of primary amides is 1. The van der Waals surface area contributed by atoms with Crippen LogP contribution < -0.4 is 31.3 Å². The number of alkyl carbamates (subject to hydrolysis) is 1. The second-order valence-electron chi connectivity index (χ2n) is 11.0. The van der Waals surface area contributed by atoms with Crippen LogP contribution in [0.2, 0.25) is 0 Å². The van der Waals surface area contributed by atoms with E-state index in [1.165, 1.54) is 12.0 Å². The summed E-state index contributed by atoms with van der Waals surface area (Å²) >= 11 is 2.10. The first kappa shape index (κ1) is 34.2. The van der Waals surface area contributed by atoms with E-state index in [4.69, 9.17) is 15.2 Å². The van der Waals surface area contributed by atoms with Crippen LogP contribution >= 0.6 is 22.6 Å². The molecule has 1 aliphatic carbocycles. The number of benzene rings is 3. The lowest BCUT2D eigenvalue weighted by atomic mass is 9.98. The molecule has 5 rings (SSSR count). The van der Waals surface area contributed by atoms with Crippen molar-refractivity contribution in [2.24, 2.45) is 5.73 Å². The third-order valence-electron chi connectivity index (χ3n) is 7.96. The Morgan fingerprint density at radius 2 is 1.65 bits per heavy atom. The lowest BCUT2D eigenvalue weighted by Crippen LogP contribution is -2.56. The molecule has 3 aromatic carbocycles. The molecule has 1 fully saturated rings. The normalized spacial score (nSPS) is 14.5. The molecule has 1 saturated heterocycles. The second kappa shape index (κ2) is 15.1. The van der Waals surface area contributed by atoms with Crippen molar-refractivity contribution in [3.63, 3.8) is 0 Å². The Morgan fingerprint density at radius 1 is 0.979 bits per heavy atom. The van der Waals surface area contributed by atoms with Crippen molar-refractivity contribution in [2.75, 3.05) is 38.4 Å². The Bertz CT molecular complexity index is 1720. The summed E-state index contributed by atoms with van der Waals surface area (Å²) in [6.45, 7) is -0.912. The highest BCUT2D eigenvalue weighted by Gasteiger charge is 2.35. The molecule has 1 heterocycles. The van der Waals surface area contributed by atoms with Crippen LogP contribution in [0, 0.1) is 3.57 Å². The van der Waals surface area contributed by atoms with E-state index in [-0.39, 0.29) is 25.5 Å². The number of carbonyl (C=O) groups is 6. The zero-order valence-electron chi connectivity index (χ0n) is 25.9. The van der Waals surface area contributed by atoms with Crippen LogP contribution in [0.4, 0.5) is 15.3 Å². The van der Waals surface area contributed by atoms with Crippen molar-refractivity contribution in [1.29, 1.82) is 0 Å². The molecule has 0 spiro atoms. The van der Waals surface area contributed by atoms with Crippen LogP contribution in [0.15, 0.2) is 66.7 Å². The van der Waals surface area contributed by atoms with Gasteiger partial charge in [-0.05, 0) is 63.0 Å². The Balaban J connectivity index is 1.13. The van der Waals surface area contributed by atoms with Gasteiger partial charge in [-0.25, -0.2) is 14.5 Å².